The Balaban J connectivity index is 1.96. The molecule has 0 aromatic carbocycles. The van der Waals surface area contributed by atoms with E-state index in [0.717, 1.165) is 5.92 Å². The molecule has 21 heavy (non-hydrogen) atoms. The van der Waals surface area contributed by atoms with Crippen molar-refractivity contribution in [1.82, 2.24) is 15.1 Å². The first-order valence-corrected chi connectivity index (χ1v) is 8.92. The summed E-state index contributed by atoms with van der Waals surface area (Å²) in [6.07, 6.45) is 9.79. The van der Waals surface area contributed by atoms with Crippen LogP contribution in [0.2, 0.25) is 0 Å². The van der Waals surface area contributed by atoms with Gasteiger partial charge >= 0.3 is 0 Å². The molecule has 0 heterocycles. The number of rotatable bonds is 7. The molecule has 124 valence electrons. The zero-order valence-corrected chi connectivity index (χ0v) is 15.0. The molecule has 2 fully saturated rings. The van der Waals surface area contributed by atoms with Gasteiger partial charge in [0.15, 0.2) is 0 Å². The van der Waals surface area contributed by atoms with Gasteiger partial charge in [-0.2, -0.15) is 0 Å². The van der Waals surface area contributed by atoms with Crippen LogP contribution in [0.3, 0.4) is 0 Å². The van der Waals surface area contributed by atoms with Crippen molar-refractivity contribution in [3.05, 3.63) is 0 Å². The van der Waals surface area contributed by atoms with Gasteiger partial charge in [-0.3, -0.25) is 0 Å². The van der Waals surface area contributed by atoms with Gasteiger partial charge in [-0.1, -0.05) is 19.8 Å². The Morgan fingerprint density at radius 2 is 1.76 bits per heavy atom. The van der Waals surface area contributed by atoms with E-state index in [1.807, 2.05) is 0 Å². The van der Waals surface area contributed by atoms with E-state index in [4.69, 9.17) is 0 Å². The van der Waals surface area contributed by atoms with E-state index in [9.17, 15) is 0 Å². The average molecular weight is 296 g/mol. The van der Waals surface area contributed by atoms with Gasteiger partial charge in [-0.25, -0.2) is 0 Å². The number of likely N-dealkylation sites (N-methyl/N-ethyl adjacent to an activating group) is 2. The van der Waals surface area contributed by atoms with E-state index in [0.29, 0.717) is 11.0 Å². The molecule has 0 aromatic rings. The molecule has 2 aliphatic carbocycles. The van der Waals surface area contributed by atoms with Gasteiger partial charge in [0, 0.05) is 25.2 Å². The van der Waals surface area contributed by atoms with Crippen LogP contribution in [-0.4, -0.2) is 63.2 Å². The molecule has 2 rings (SSSR count). The largest absolute Gasteiger partial charge is 0.319 e. The number of nitrogens with one attached hydrogen (secondary N) is 1. The SMILES string of the molecule is CNCC1(CN(C)CC2(N(C)C)CCC2)CCCC(C)C1. The van der Waals surface area contributed by atoms with Crippen molar-refractivity contribution in [2.24, 2.45) is 11.3 Å². The summed E-state index contributed by atoms with van der Waals surface area (Å²) in [6, 6.07) is 0. The maximum atomic E-state index is 3.48. The van der Waals surface area contributed by atoms with Gasteiger partial charge < -0.3 is 15.1 Å². The van der Waals surface area contributed by atoms with Gasteiger partial charge in [0.2, 0.25) is 0 Å². The number of hydrogen-bond acceptors (Lipinski definition) is 3. The first-order valence-electron chi connectivity index (χ1n) is 8.92. The standard InChI is InChI=1S/C18H37N3/c1-16-8-6-9-17(12-16,13-19-2)14-21(5)15-18(20(3)4)10-7-11-18/h16,19H,6-15H2,1-5H3. The molecular weight excluding hydrogens is 258 g/mol. The number of hydrogen-bond donors (Lipinski definition) is 1. The van der Waals surface area contributed by atoms with Gasteiger partial charge in [0.25, 0.3) is 0 Å². The van der Waals surface area contributed by atoms with Crippen molar-refractivity contribution in [3.63, 3.8) is 0 Å². The normalized spacial score (nSPS) is 32.4. The van der Waals surface area contributed by atoms with Crippen LogP contribution in [0.15, 0.2) is 0 Å². The third-order valence-corrected chi connectivity index (χ3v) is 6.14. The second kappa shape index (κ2) is 6.97. The predicted octanol–water partition coefficient (Wildman–Crippen LogP) is 2.82. The molecular formula is C18H37N3. The van der Waals surface area contributed by atoms with Gasteiger partial charge in [0.05, 0.1) is 0 Å². The topological polar surface area (TPSA) is 18.5 Å². The maximum absolute atomic E-state index is 3.48. The molecule has 2 atom stereocenters. The molecule has 3 nitrogen and oxygen atoms in total. The summed E-state index contributed by atoms with van der Waals surface area (Å²) in [5.41, 5.74) is 0.953. The highest BCUT2D eigenvalue weighted by Gasteiger charge is 2.42. The van der Waals surface area contributed by atoms with E-state index < -0.39 is 0 Å². The third-order valence-electron chi connectivity index (χ3n) is 6.14. The second-order valence-corrected chi connectivity index (χ2v) is 8.38. The lowest BCUT2D eigenvalue weighted by Gasteiger charge is -2.51. The molecule has 0 saturated heterocycles. The minimum absolute atomic E-state index is 0.454. The maximum Gasteiger partial charge on any atom is 0.0330 e. The molecule has 2 aliphatic rings. The summed E-state index contributed by atoms with van der Waals surface area (Å²) >= 11 is 0. The fourth-order valence-electron chi connectivity index (χ4n) is 4.97. The summed E-state index contributed by atoms with van der Waals surface area (Å²) < 4.78 is 0. The summed E-state index contributed by atoms with van der Waals surface area (Å²) in [5, 5.41) is 3.48. The van der Waals surface area contributed by atoms with Crippen LogP contribution in [0.1, 0.15) is 51.9 Å². The van der Waals surface area contributed by atoms with Crippen LogP contribution in [-0.2, 0) is 0 Å². The van der Waals surface area contributed by atoms with Crippen molar-refractivity contribution < 1.29 is 0 Å². The Bertz CT molecular complexity index is 320. The van der Waals surface area contributed by atoms with Crippen LogP contribution in [0.4, 0.5) is 0 Å². The first-order chi connectivity index (χ1) is 9.91. The predicted molar refractivity (Wildman–Crippen MR) is 91.8 cm³/mol. The summed E-state index contributed by atoms with van der Waals surface area (Å²) in [7, 11) is 8.99. The fourth-order valence-corrected chi connectivity index (χ4v) is 4.97. The molecule has 0 aromatic heterocycles. The van der Waals surface area contributed by atoms with Crippen molar-refractivity contribution in [1.29, 1.82) is 0 Å². The van der Waals surface area contributed by atoms with E-state index in [2.05, 4.69) is 50.2 Å². The molecule has 2 saturated carbocycles. The van der Waals surface area contributed by atoms with Crippen LogP contribution < -0.4 is 5.32 Å². The zero-order valence-electron chi connectivity index (χ0n) is 15.0. The third kappa shape index (κ3) is 4.00. The zero-order chi connectivity index (χ0) is 15.5. The minimum atomic E-state index is 0.454. The molecule has 0 bridgehead atoms. The van der Waals surface area contributed by atoms with Crippen LogP contribution in [0.5, 0.6) is 0 Å². The van der Waals surface area contributed by atoms with E-state index >= 15 is 0 Å². The van der Waals surface area contributed by atoms with Gasteiger partial charge in [0.1, 0.15) is 0 Å². The molecule has 0 spiro atoms. The Morgan fingerprint density at radius 3 is 2.24 bits per heavy atom. The summed E-state index contributed by atoms with van der Waals surface area (Å²) in [6.45, 7) is 6.11. The molecule has 0 aliphatic heterocycles. The quantitative estimate of drug-likeness (QED) is 0.779. The highest BCUT2D eigenvalue weighted by atomic mass is 15.2. The first kappa shape index (κ1) is 17.2. The van der Waals surface area contributed by atoms with Crippen molar-refractivity contribution >= 4 is 0 Å². The van der Waals surface area contributed by atoms with E-state index in [1.165, 1.54) is 64.6 Å². The van der Waals surface area contributed by atoms with Crippen molar-refractivity contribution in [2.75, 3.05) is 47.8 Å². The van der Waals surface area contributed by atoms with Crippen LogP contribution >= 0.6 is 0 Å². The fraction of sp³-hybridized carbons (Fsp3) is 1.00. The smallest absolute Gasteiger partial charge is 0.0330 e. The van der Waals surface area contributed by atoms with E-state index in [1.54, 1.807) is 0 Å². The highest BCUT2D eigenvalue weighted by Crippen LogP contribution is 2.41. The Morgan fingerprint density at radius 1 is 1.05 bits per heavy atom. The summed E-state index contributed by atoms with van der Waals surface area (Å²) in [5.74, 6) is 0.895. The van der Waals surface area contributed by atoms with E-state index in [-0.39, 0.29) is 0 Å². The lowest BCUT2D eigenvalue weighted by molar-refractivity contribution is 0.00679. The molecule has 0 amide bonds. The monoisotopic (exact) mass is 295 g/mol. The van der Waals surface area contributed by atoms with Crippen LogP contribution in [0.25, 0.3) is 0 Å². The van der Waals surface area contributed by atoms with Crippen molar-refractivity contribution in [2.45, 2.75) is 57.4 Å². The summed E-state index contributed by atoms with van der Waals surface area (Å²) in [4.78, 5) is 5.11. The molecule has 3 heteroatoms. The lowest BCUT2D eigenvalue weighted by Crippen LogP contribution is -2.58. The average Bonchev–Trinajstić information content (AvgIpc) is 2.33. The Labute approximate surface area is 132 Å². The minimum Gasteiger partial charge on any atom is -0.319 e. The van der Waals surface area contributed by atoms with Gasteiger partial charge in [-0.15, -0.1) is 0 Å². The Kier molecular flexibility index (Phi) is 5.72. The van der Waals surface area contributed by atoms with Crippen molar-refractivity contribution in [3.8, 4) is 0 Å². The molecule has 0 radical (unpaired) electrons. The second-order valence-electron chi connectivity index (χ2n) is 8.38. The van der Waals surface area contributed by atoms with Gasteiger partial charge in [-0.05, 0) is 71.6 Å². The van der Waals surface area contributed by atoms with Crippen LogP contribution in [0, 0.1) is 11.3 Å². The number of nitrogens with zero attached hydrogens (tertiary/aromatic N) is 2. The Hall–Kier alpha value is -0.120. The molecule has 2 unspecified atom stereocenters. The highest BCUT2D eigenvalue weighted by molar-refractivity contribution is 4.99. The lowest BCUT2D eigenvalue weighted by atomic mass is 9.69. The molecule has 1 N–H and O–H groups in total.